The molecule has 0 aromatic carbocycles. The molecule has 0 unspecified atom stereocenters. The van der Waals surface area contributed by atoms with Gasteiger partial charge < -0.3 is 10.6 Å². The van der Waals surface area contributed by atoms with Crippen molar-refractivity contribution in [1.29, 1.82) is 0 Å². The van der Waals surface area contributed by atoms with Gasteiger partial charge in [-0.25, -0.2) is 9.67 Å². The van der Waals surface area contributed by atoms with E-state index in [1.807, 2.05) is 22.7 Å². The van der Waals surface area contributed by atoms with Crippen LogP contribution in [0.15, 0.2) is 6.20 Å². The van der Waals surface area contributed by atoms with E-state index in [1.165, 1.54) is 11.1 Å². The molecule has 2 aromatic heterocycles. The molecule has 1 aliphatic heterocycles. The van der Waals surface area contributed by atoms with Crippen LogP contribution in [0.2, 0.25) is 0 Å². The summed E-state index contributed by atoms with van der Waals surface area (Å²) in [5, 5.41) is 5.59. The summed E-state index contributed by atoms with van der Waals surface area (Å²) in [6.07, 6.45) is 5.36. The smallest absolute Gasteiger partial charge is 0.223 e. The molecule has 2 atom stereocenters. The molecule has 6 heteroatoms. The quantitative estimate of drug-likeness (QED) is 0.876. The standard InChI is InChI=1S/C21H33N5O/c1-13(2)26-21-18(12-23-26)15(4)17(16(5)24-21)8-9-20(27)25-10-6-7-14(3)19(25)11-22/h12-14,19H,6-11,22H2,1-5H3/t14-,19+/m0/s1. The van der Waals surface area contributed by atoms with Gasteiger partial charge in [0, 0.05) is 42.7 Å². The molecule has 3 rings (SSSR count). The number of carbonyl (C=O) groups is 1. The first-order chi connectivity index (χ1) is 12.8. The van der Waals surface area contributed by atoms with Crippen molar-refractivity contribution in [3.63, 3.8) is 0 Å². The van der Waals surface area contributed by atoms with Crippen LogP contribution in [0.4, 0.5) is 0 Å². The SMILES string of the molecule is Cc1nc2c(cnn2C(C)C)c(C)c1CCC(=O)N1CCC[C@H](C)[C@H]1CN. The predicted octanol–water partition coefficient (Wildman–Crippen LogP) is 3.15. The second-order valence-corrected chi connectivity index (χ2v) is 8.23. The maximum Gasteiger partial charge on any atom is 0.223 e. The Kier molecular flexibility index (Phi) is 5.84. The highest BCUT2D eigenvalue weighted by atomic mass is 16.2. The Hall–Kier alpha value is -1.95. The molecule has 0 bridgehead atoms. The monoisotopic (exact) mass is 371 g/mol. The Balaban J connectivity index is 1.80. The van der Waals surface area contributed by atoms with Gasteiger partial charge in [-0.1, -0.05) is 6.92 Å². The minimum absolute atomic E-state index is 0.179. The van der Waals surface area contributed by atoms with Gasteiger partial charge in [-0.2, -0.15) is 5.10 Å². The fraction of sp³-hybridized carbons (Fsp3) is 0.667. The number of aromatic nitrogens is 3. The number of rotatable bonds is 5. The molecule has 6 nitrogen and oxygen atoms in total. The topological polar surface area (TPSA) is 77.0 Å². The lowest BCUT2D eigenvalue weighted by molar-refractivity contribution is -0.136. The molecule has 1 fully saturated rings. The van der Waals surface area contributed by atoms with Crippen molar-refractivity contribution >= 4 is 16.9 Å². The van der Waals surface area contributed by atoms with Crippen LogP contribution in [0.3, 0.4) is 0 Å². The average molecular weight is 372 g/mol. The van der Waals surface area contributed by atoms with Gasteiger partial charge >= 0.3 is 0 Å². The summed E-state index contributed by atoms with van der Waals surface area (Å²) in [5.74, 6) is 0.699. The van der Waals surface area contributed by atoms with E-state index in [0.717, 1.165) is 36.1 Å². The first-order valence-electron chi connectivity index (χ1n) is 10.2. The van der Waals surface area contributed by atoms with Crippen LogP contribution in [0.25, 0.3) is 11.0 Å². The third-order valence-electron chi connectivity index (χ3n) is 6.09. The number of aryl methyl sites for hydroxylation is 2. The molecule has 0 radical (unpaired) electrons. The first kappa shape index (κ1) is 19.8. The van der Waals surface area contributed by atoms with Gasteiger partial charge in [0.05, 0.1) is 6.20 Å². The summed E-state index contributed by atoms with van der Waals surface area (Å²) in [5.41, 5.74) is 10.3. The molecule has 2 aromatic rings. The first-order valence-corrected chi connectivity index (χ1v) is 10.2. The fourth-order valence-corrected chi connectivity index (χ4v) is 4.43. The second kappa shape index (κ2) is 7.97. The molecular formula is C21H33N5O. The summed E-state index contributed by atoms with van der Waals surface area (Å²) in [6, 6.07) is 0.453. The molecule has 2 N–H and O–H groups in total. The number of carbonyl (C=O) groups excluding carboxylic acids is 1. The van der Waals surface area contributed by atoms with Gasteiger partial charge in [0.25, 0.3) is 0 Å². The summed E-state index contributed by atoms with van der Waals surface area (Å²) >= 11 is 0. The number of likely N-dealkylation sites (tertiary alicyclic amines) is 1. The highest BCUT2D eigenvalue weighted by molar-refractivity contribution is 5.81. The van der Waals surface area contributed by atoms with Crippen molar-refractivity contribution in [3.05, 3.63) is 23.0 Å². The van der Waals surface area contributed by atoms with Crippen LogP contribution >= 0.6 is 0 Å². The number of fused-ring (bicyclic) bond motifs is 1. The molecule has 1 saturated heterocycles. The highest BCUT2D eigenvalue weighted by Crippen LogP contribution is 2.27. The van der Waals surface area contributed by atoms with Crippen molar-refractivity contribution in [3.8, 4) is 0 Å². The van der Waals surface area contributed by atoms with E-state index in [0.29, 0.717) is 25.3 Å². The average Bonchev–Trinajstić information content (AvgIpc) is 3.05. The number of nitrogens with two attached hydrogens (primary N) is 1. The van der Waals surface area contributed by atoms with Gasteiger partial charge in [-0.3, -0.25) is 4.79 Å². The summed E-state index contributed by atoms with van der Waals surface area (Å²) < 4.78 is 1.96. The maximum atomic E-state index is 12.9. The Labute approximate surface area is 162 Å². The van der Waals surface area contributed by atoms with Crippen LogP contribution in [-0.2, 0) is 11.2 Å². The lowest BCUT2D eigenvalue weighted by Crippen LogP contribution is -2.51. The Morgan fingerprint density at radius 1 is 1.37 bits per heavy atom. The van der Waals surface area contributed by atoms with Crippen LogP contribution in [0.5, 0.6) is 0 Å². The van der Waals surface area contributed by atoms with Crippen molar-refractivity contribution in [2.45, 2.75) is 72.4 Å². The lowest BCUT2D eigenvalue weighted by atomic mass is 9.90. The summed E-state index contributed by atoms with van der Waals surface area (Å²) in [4.78, 5) is 19.7. The van der Waals surface area contributed by atoms with E-state index in [1.54, 1.807) is 0 Å². The zero-order chi connectivity index (χ0) is 19.7. The van der Waals surface area contributed by atoms with E-state index in [4.69, 9.17) is 10.7 Å². The second-order valence-electron chi connectivity index (χ2n) is 8.23. The number of hydrogen-bond donors (Lipinski definition) is 1. The highest BCUT2D eigenvalue weighted by Gasteiger charge is 2.30. The van der Waals surface area contributed by atoms with Gasteiger partial charge in [0.1, 0.15) is 0 Å². The molecule has 0 aliphatic carbocycles. The van der Waals surface area contributed by atoms with E-state index >= 15 is 0 Å². The Morgan fingerprint density at radius 2 is 2.11 bits per heavy atom. The minimum Gasteiger partial charge on any atom is -0.338 e. The lowest BCUT2D eigenvalue weighted by Gasteiger charge is -2.39. The minimum atomic E-state index is 0.179. The molecule has 27 heavy (non-hydrogen) atoms. The molecular weight excluding hydrogens is 338 g/mol. The van der Waals surface area contributed by atoms with Crippen LogP contribution in [-0.4, -0.2) is 44.7 Å². The molecule has 0 saturated carbocycles. The van der Waals surface area contributed by atoms with E-state index < -0.39 is 0 Å². The fourth-order valence-electron chi connectivity index (χ4n) is 4.43. The Bertz CT molecular complexity index is 826. The normalized spacial score (nSPS) is 20.6. The zero-order valence-corrected chi connectivity index (χ0v) is 17.3. The Morgan fingerprint density at radius 3 is 2.78 bits per heavy atom. The predicted molar refractivity (Wildman–Crippen MR) is 109 cm³/mol. The summed E-state index contributed by atoms with van der Waals surface area (Å²) in [7, 11) is 0. The third-order valence-corrected chi connectivity index (χ3v) is 6.09. The van der Waals surface area contributed by atoms with E-state index in [-0.39, 0.29) is 18.0 Å². The number of pyridine rings is 1. The third kappa shape index (κ3) is 3.72. The molecule has 1 aliphatic rings. The molecule has 3 heterocycles. The molecule has 0 spiro atoms. The maximum absolute atomic E-state index is 12.9. The van der Waals surface area contributed by atoms with Crippen LogP contribution < -0.4 is 5.73 Å². The van der Waals surface area contributed by atoms with Crippen molar-refractivity contribution in [2.75, 3.05) is 13.1 Å². The van der Waals surface area contributed by atoms with Gasteiger partial charge in [0.15, 0.2) is 5.65 Å². The van der Waals surface area contributed by atoms with Crippen molar-refractivity contribution in [1.82, 2.24) is 19.7 Å². The van der Waals surface area contributed by atoms with Crippen LogP contribution in [0.1, 0.15) is 62.9 Å². The number of piperidine rings is 1. The summed E-state index contributed by atoms with van der Waals surface area (Å²) in [6.45, 7) is 12.0. The van der Waals surface area contributed by atoms with E-state index in [9.17, 15) is 4.79 Å². The molecule has 148 valence electrons. The van der Waals surface area contributed by atoms with Gasteiger partial charge in [0.2, 0.25) is 5.91 Å². The zero-order valence-electron chi connectivity index (χ0n) is 17.3. The van der Waals surface area contributed by atoms with Gasteiger partial charge in [-0.15, -0.1) is 0 Å². The number of nitrogens with zero attached hydrogens (tertiary/aromatic N) is 4. The van der Waals surface area contributed by atoms with Crippen molar-refractivity contribution in [2.24, 2.45) is 11.7 Å². The van der Waals surface area contributed by atoms with Crippen LogP contribution in [0, 0.1) is 19.8 Å². The largest absolute Gasteiger partial charge is 0.338 e. The van der Waals surface area contributed by atoms with Gasteiger partial charge in [-0.05, 0) is 64.0 Å². The molecule has 1 amide bonds. The van der Waals surface area contributed by atoms with Crippen molar-refractivity contribution < 1.29 is 4.79 Å². The number of amides is 1. The number of hydrogen-bond acceptors (Lipinski definition) is 4. The van der Waals surface area contributed by atoms with E-state index in [2.05, 4.69) is 32.8 Å².